The van der Waals surface area contributed by atoms with Gasteiger partial charge in [0.25, 0.3) is 0 Å². The highest BCUT2D eigenvalue weighted by atomic mass is 32.2. The Bertz CT molecular complexity index is 974. The molecule has 1 aromatic carbocycles. The van der Waals surface area contributed by atoms with Crippen LogP contribution in [0.1, 0.15) is 65.7 Å². The van der Waals surface area contributed by atoms with Crippen LogP contribution < -0.4 is 10.6 Å². The van der Waals surface area contributed by atoms with Crippen molar-refractivity contribution in [1.29, 1.82) is 0 Å². The number of anilines is 1. The molecule has 1 saturated heterocycles. The van der Waals surface area contributed by atoms with Crippen molar-refractivity contribution < 1.29 is 18.0 Å². The van der Waals surface area contributed by atoms with E-state index in [1.165, 1.54) is 10.4 Å². The van der Waals surface area contributed by atoms with Crippen LogP contribution in [0.5, 0.6) is 0 Å². The number of hydrogen-bond donors (Lipinski definition) is 2. The van der Waals surface area contributed by atoms with Crippen LogP contribution in [-0.2, 0) is 19.6 Å². The number of carbonyl (C=O) groups excluding carboxylic acids is 2. The molecular formula is C26H39N3O4S. The molecule has 3 rings (SSSR count). The molecule has 0 spiro atoms. The third kappa shape index (κ3) is 6.69. The maximum atomic E-state index is 13.2. The van der Waals surface area contributed by atoms with Crippen LogP contribution in [0.3, 0.4) is 0 Å². The van der Waals surface area contributed by atoms with Gasteiger partial charge in [-0.25, -0.2) is 8.42 Å². The van der Waals surface area contributed by atoms with E-state index < -0.39 is 10.0 Å². The molecule has 34 heavy (non-hydrogen) atoms. The molecule has 0 radical (unpaired) electrons. The van der Waals surface area contributed by atoms with E-state index in [9.17, 15) is 18.0 Å². The highest BCUT2D eigenvalue weighted by Gasteiger charge is 2.32. The highest BCUT2D eigenvalue weighted by molar-refractivity contribution is 7.89. The van der Waals surface area contributed by atoms with Crippen LogP contribution in [0, 0.1) is 17.3 Å². The van der Waals surface area contributed by atoms with E-state index in [1.807, 2.05) is 0 Å². The average Bonchev–Trinajstić information content (AvgIpc) is 3.05. The average molecular weight is 490 g/mol. The number of amides is 2. The van der Waals surface area contributed by atoms with Crippen LogP contribution in [0.25, 0.3) is 0 Å². The third-order valence-corrected chi connectivity index (χ3v) is 9.21. The van der Waals surface area contributed by atoms with Gasteiger partial charge in [0.2, 0.25) is 21.8 Å². The molecule has 188 valence electrons. The molecule has 1 unspecified atom stereocenters. The molecular weight excluding hydrogens is 450 g/mol. The maximum Gasteiger partial charge on any atom is 0.243 e. The number of nitrogens with one attached hydrogen (secondary N) is 2. The minimum atomic E-state index is -3.64. The number of nitrogens with zero attached hydrogens (tertiary/aromatic N) is 1. The summed E-state index contributed by atoms with van der Waals surface area (Å²) in [5.41, 5.74) is 0.890. The van der Waals surface area contributed by atoms with Gasteiger partial charge in [0.1, 0.15) is 0 Å². The van der Waals surface area contributed by atoms with Crippen molar-refractivity contribution in [2.24, 2.45) is 17.3 Å². The summed E-state index contributed by atoms with van der Waals surface area (Å²) < 4.78 is 27.8. The van der Waals surface area contributed by atoms with Gasteiger partial charge in [0, 0.05) is 30.7 Å². The number of hydrogen-bond acceptors (Lipinski definition) is 4. The summed E-state index contributed by atoms with van der Waals surface area (Å²) in [6, 6.07) is 6.39. The molecule has 1 aromatic rings. The topological polar surface area (TPSA) is 95.6 Å². The fourth-order valence-corrected chi connectivity index (χ4v) is 6.53. The first kappa shape index (κ1) is 26.4. The molecule has 7 nitrogen and oxygen atoms in total. The predicted molar refractivity (Wildman–Crippen MR) is 135 cm³/mol. The second-order valence-corrected chi connectivity index (χ2v) is 12.6. The standard InChI is InChI=1S/C26H39N3O4S/c1-5-24(30)27-21-7-6-17-29(18-16-21)34(32,33)23-14-12-22(13-15-23)28-25(31)19-8-10-20(11-9-19)26(2,3)4/h5,12-15,19-21H,1,6-11,16-18H2,2-4H3,(H,27,30)(H,28,31). The maximum absolute atomic E-state index is 13.2. The quantitative estimate of drug-likeness (QED) is 0.582. The van der Waals surface area contributed by atoms with Crippen LogP contribution in [-0.4, -0.2) is 43.7 Å². The van der Waals surface area contributed by atoms with Gasteiger partial charge in [-0.05, 0) is 86.6 Å². The molecule has 0 bridgehead atoms. The van der Waals surface area contributed by atoms with Crippen molar-refractivity contribution in [3.63, 3.8) is 0 Å². The van der Waals surface area contributed by atoms with E-state index in [1.54, 1.807) is 24.3 Å². The zero-order valence-electron chi connectivity index (χ0n) is 20.7. The largest absolute Gasteiger partial charge is 0.350 e. The SMILES string of the molecule is C=CC(=O)NC1CCCN(S(=O)(=O)c2ccc(NC(=O)C3CCC(C(C)(C)C)CC3)cc2)CC1. The summed E-state index contributed by atoms with van der Waals surface area (Å²) in [7, 11) is -3.64. The number of rotatable bonds is 6. The molecule has 1 heterocycles. The first-order valence-corrected chi connectivity index (χ1v) is 13.8. The molecule has 0 aromatic heterocycles. The normalized spacial score (nSPS) is 24.6. The minimum Gasteiger partial charge on any atom is -0.350 e. The van der Waals surface area contributed by atoms with E-state index in [2.05, 4.69) is 38.0 Å². The zero-order valence-corrected chi connectivity index (χ0v) is 21.5. The van der Waals surface area contributed by atoms with E-state index in [4.69, 9.17) is 0 Å². The van der Waals surface area contributed by atoms with Crippen molar-refractivity contribution in [3.8, 4) is 0 Å². The van der Waals surface area contributed by atoms with E-state index in [-0.39, 0.29) is 34.1 Å². The van der Waals surface area contributed by atoms with Crippen LogP contribution in [0.4, 0.5) is 5.69 Å². The fraction of sp³-hybridized carbons (Fsp3) is 0.615. The molecule has 1 aliphatic heterocycles. The molecule has 2 fully saturated rings. The summed E-state index contributed by atoms with van der Waals surface area (Å²) in [6.45, 7) is 11.0. The first-order valence-electron chi connectivity index (χ1n) is 12.3. The van der Waals surface area contributed by atoms with Gasteiger partial charge in [0.15, 0.2) is 0 Å². The molecule has 1 aliphatic carbocycles. The molecule has 2 N–H and O–H groups in total. The van der Waals surface area contributed by atoms with Gasteiger partial charge in [-0.2, -0.15) is 4.31 Å². The van der Waals surface area contributed by atoms with Crippen molar-refractivity contribution in [1.82, 2.24) is 9.62 Å². The van der Waals surface area contributed by atoms with Gasteiger partial charge in [-0.1, -0.05) is 27.4 Å². The smallest absolute Gasteiger partial charge is 0.243 e. The van der Waals surface area contributed by atoms with Crippen LogP contribution in [0.15, 0.2) is 41.8 Å². The summed E-state index contributed by atoms with van der Waals surface area (Å²) in [4.78, 5) is 24.5. The molecule has 1 atom stereocenters. The molecule has 8 heteroatoms. The molecule has 1 saturated carbocycles. The zero-order chi connectivity index (χ0) is 24.9. The summed E-state index contributed by atoms with van der Waals surface area (Å²) >= 11 is 0. The number of carbonyl (C=O) groups is 2. The van der Waals surface area contributed by atoms with Crippen molar-refractivity contribution >= 4 is 27.5 Å². The Morgan fingerprint density at radius 2 is 1.65 bits per heavy atom. The van der Waals surface area contributed by atoms with Crippen LogP contribution in [0.2, 0.25) is 0 Å². The van der Waals surface area contributed by atoms with Crippen LogP contribution >= 0.6 is 0 Å². The second kappa shape index (κ2) is 11.0. The van der Waals surface area contributed by atoms with Gasteiger partial charge in [-0.3, -0.25) is 9.59 Å². The summed E-state index contributed by atoms with van der Waals surface area (Å²) in [5, 5.41) is 5.83. The van der Waals surface area contributed by atoms with E-state index in [0.717, 1.165) is 32.1 Å². The molecule has 2 amide bonds. The number of sulfonamides is 1. The Kier molecular flexibility index (Phi) is 8.57. The van der Waals surface area contributed by atoms with E-state index >= 15 is 0 Å². The highest BCUT2D eigenvalue weighted by Crippen LogP contribution is 2.40. The Morgan fingerprint density at radius 1 is 1.00 bits per heavy atom. The lowest BCUT2D eigenvalue weighted by molar-refractivity contribution is -0.121. The lowest BCUT2D eigenvalue weighted by Gasteiger charge is -2.36. The summed E-state index contributed by atoms with van der Waals surface area (Å²) in [6.07, 6.45) is 7.11. The lowest BCUT2D eigenvalue weighted by atomic mass is 9.69. The fourth-order valence-electron chi connectivity index (χ4n) is 5.04. The predicted octanol–water partition coefficient (Wildman–Crippen LogP) is 4.32. The lowest BCUT2D eigenvalue weighted by Crippen LogP contribution is -2.36. The van der Waals surface area contributed by atoms with Gasteiger partial charge in [0.05, 0.1) is 4.90 Å². The van der Waals surface area contributed by atoms with Crippen molar-refractivity contribution in [2.75, 3.05) is 18.4 Å². The Balaban J connectivity index is 1.56. The Hall–Kier alpha value is -2.19. The number of benzene rings is 1. The first-order chi connectivity index (χ1) is 16.0. The van der Waals surface area contributed by atoms with Gasteiger partial charge in [-0.15, -0.1) is 0 Å². The second-order valence-electron chi connectivity index (χ2n) is 10.7. The van der Waals surface area contributed by atoms with Crippen molar-refractivity contribution in [2.45, 2.75) is 76.7 Å². The third-order valence-electron chi connectivity index (χ3n) is 7.30. The van der Waals surface area contributed by atoms with E-state index in [0.29, 0.717) is 37.5 Å². The Morgan fingerprint density at radius 3 is 2.24 bits per heavy atom. The monoisotopic (exact) mass is 489 g/mol. The van der Waals surface area contributed by atoms with Gasteiger partial charge >= 0.3 is 0 Å². The Labute approximate surface area is 204 Å². The minimum absolute atomic E-state index is 0.00800. The van der Waals surface area contributed by atoms with Gasteiger partial charge < -0.3 is 10.6 Å². The summed E-state index contributed by atoms with van der Waals surface area (Å²) in [5.74, 6) is 0.437. The van der Waals surface area contributed by atoms with Crippen molar-refractivity contribution in [3.05, 3.63) is 36.9 Å². The molecule has 2 aliphatic rings.